The topological polar surface area (TPSA) is 96.7 Å². The average Bonchev–Trinajstić information content (AvgIpc) is 2.54. The van der Waals surface area contributed by atoms with Crippen molar-refractivity contribution in [3.8, 4) is 5.75 Å². The predicted molar refractivity (Wildman–Crippen MR) is 96.7 cm³/mol. The van der Waals surface area contributed by atoms with E-state index in [2.05, 4.69) is 15.5 Å². The molecule has 1 fully saturated rings. The van der Waals surface area contributed by atoms with Crippen LogP contribution in [0.15, 0.2) is 18.2 Å². The van der Waals surface area contributed by atoms with E-state index < -0.39 is 4.92 Å². The first-order valence-electron chi connectivity index (χ1n) is 7.15. The highest BCUT2D eigenvalue weighted by atomic mass is 35.5. The van der Waals surface area contributed by atoms with E-state index in [1.165, 1.54) is 19.2 Å². The second-order valence-corrected chi connectivity index (χ2v) is 5.03. The van der Waals surface area contributed by atoms with E-state index in [9.17, 15) is 14.9 Å². The monoisotopic (exact) mass is 380 g/mol. The normalized spacial score (nSPS) is 14.0. The molecule has 10 heteroatoms. The molecule has 136 valence electrons. The minimum absolute atomic E-state index is 0. The van der Waals surface area contributed by atoms with Gasteiger partial charge < -0.3 is 20.3 Å². The molecule has 2 rings (SSSR count). The largest absolute Gasteiger partial charge is 0.496 e. The van der Waals surface area contributed by atoms with Crippen LogP contribution in [0.1, 0.15) is 6.42 Å². The fourth-order valence-electron chi connectivity index (χ4n) is 2.30. The number of benzene rings is 1. The molecule has 1 aromatic rings. The Bertz CT molecular complexity index is 554. The lowest BCUT2D eigenvalue weighted by Gasteiger charge is -2.26. The summed E-state index contributed by atoms with van der Waals surface area (Å²) in [5, 5.41) is 16.9. The van der Waals surface area contributed by atoms with Crippen LogP contribution in [-0.4, -0.2) is 55.6 Å². The number of piperazine rings is 1. The number of nitrogens with one attached hydrogen (secondary N) is 2. The molecule has 8 nitrogen and oxygen atoms in total. The van der Waals surface area contributed by atoms with Gasteiger partial charge in [0.1, 0.15) is 11.4 Å². The lowest BCUT2D eigenvalue weighted by molar-refractivity contribution is -0.384. The van der Waals surface area contributed by atoms with E-state index in [-0.39, 0.29) is 42.1 Å². The summed E-state index contributed by atoms with van der Waals surface area (Å²) in [7, 11) is 1.44. The number of nitro benzene ring substituents is 1. The first-order chi connectivity index (χ1) is 10.6. The van der Waals surface area contributed by atoms with Gasteiger partial charge in [0.15, 0.2) is 0 Å². The fraction of sp³-hybridized carbons (Fsp3) is 0.500. The minimum Gasteiger partial charge on any atom is -0.496 e. The van der Waals surface area contributed by atoms with Gasteiger partial charge in [0, 0.05) is 39.1 Å². The molecule has 1 aliphatic rings. The van der Waals surface area contributed by atoms with Gasteiger partial charge >= 0.3 is 0 Å². The van der Waals surface area contributed by atoms with Crippen molar-refractivity contribution in [2.45, 2.75) is 6.42 Å². The van der Waals surface area contributed by atoms with Crippen LogP contribution in [0, 0.1) is 10.1 Å². The third-order valence-electron chi connectivity index (χ3n) is 3.54. The number of rotatable bonds is 6. The van der Waals surface area contributed by atoms with Gasteiger partial charge in [-0.25, -0.2) is 0 Å². The Balaban J connectivity index is 0.00000264. The quantitative estimate of drug-likeness (QED) is 0.575. The van der Waals surface area contributed by atoms with E-state index in [4.69, 9.17) is 4.74 Å². The third-order valence-corrected chi connectivity index (χ3v) is 3.54. The van der Waals surface area contributed by atoms with Crippen LogP contribution in [0.25, 0.3) is 0 Å². The fourth-order valence-corrected chi connectivity index (χ4v) is 2.30. The summed E-state index contributed by atoms with van der Waals surface area (Å²) in [6, 6.07) is 4.37. The summed E-state index contributed by atoms with van der Waals surface area (Å²) in [6.07, 6.45) is 0.309. The molecule has 0 saturated carbocycles. The average molecular weight is 381 g/mol. The van der Waals surface area contributed by atoms with Crippen molar-refractivity contribution < 1.29 is 14.5 Å². The van der Waals surface area contributed by atoms with Crippen molar-refractivity contribution in [1.82, 2.24) is 10.2 Å². The van der Waals surface area contributed by atoms with Gasteiger partial charge in [-0.05, 0) is 12.1 Å². The highest BCUT2D eigenvalue weighted by molar-refractivity contribution is 5.93. The number of nitrogens with zero attached hydrogens (tertiary/aromatic N) is 2. The highest BCUT2D eigenvalue weighted by Gasteiger charge is 2.18. The maximum absolute atomic E-state index is 12.0. The van der Waals surface area contributed by atoms with Gasteiger partial charge in [-0.3, -0.25) is 14.9 Å². The Kier molecular flexibility index (Phi) is 10.3. The molecule has 1 amide bonds. The number of hydrogen-bond donors (Lipinski definition) is 2. The molecule has 1 aliphatic heterocycles. The molecular formula is C14H22Cl2N4O4. The van der Waals surface area contributed by atoms with Crippen LogP contribution in [0.3, 0.4) is 0 Å². The number of halogens is 2. The summed E-state index contributed by atoms with van der Waals surface area (Å²) in [5.41, 5.74) is 0.0194. The first kappa shape index (κ1) is 22.4. The molecule has 1 saturated heterocycles. The number of hydrogen-bond acceptors (Lipinski definition) is 6. The minimum atomic E-state index is -0.533. The van der Waals surface area contributed by atoms with E-state index >= 15 is 0 Å². The Hall–Kier alpha value is -1.61. The van der Waals surface area contributed by atoms with Gasteiger partial charge in [0.25, 0.3) is 5.69 Å². The lowest BCUT2D eigenvalue weighted by Crippen LogP contribution is -2.44. The van der Waals surface area contributed by atoms with Crippen molar-refractivity contribution in [2.24, 2.45) is 0 Å². The second kappa shape index (κ2) is 11.0. The number of carbonyl (C=O) groups is 1. The maximum atomic E-state index is 12.0. The molecule has 1 heterocycles. The van der Waals surface area contributed by atoms with Crippen molar-refractivity contribution in [3.63, 3.8) is 0 Å². The smallest absolute Gasteiger partial charge is 0.296 e. The summed E-state index contributed by atoms with van der Waals surface area (Å²) >= 11 is 0. The van der Waals surface area contributed by atoms with Crippen molar-refractivity contribution in [3.05, 3.63) is 28.3 Å². The standard InChI is InChI=1S/C14H20N4O4.2ClH/c1-22-11-2-3-12(13(10-11)18(20)21)16-14(19)4-7-17-8-5-15-6-9-17;;/h2-3,10,15H,4-9H2,1H3,(H,16,19);2*1H. The van der Waals surface area contributed by atoms with Crippen LogP contribution < -0.4 is 15.4 Å². The van der Waals surface area contributed by atoms with E-state index in [1.807, 2.05) is 0 Å². The third kappa shape index (κ3) is 6.48. The molecule has 24 heavy (non-hydrogen) atoms. The van der Waals surface area contributed by atoms with Crippen LogP contribution in [0.5, 0.6) is 5.75 Å². The summed E-state index contributed by atoms with van der Waals surface area (Å²) < 4.78 is 4.96. The molecule has 0 spiro atoms. The SMILES string of the molecule is COc1ccc(NC(=O)CCN2CCNCC2)c([N+](=O)[O-])c1.Cl.Cl. The van der Waals surface area contributed by atoms with E-state index in [0.29, 0.717) is 18.7 Å². The maximum Gasteiger partial charge on any atom is 0.296 e. The van der Waals surface area contributed by atoms with Gasteiger partial charge in [-0.15, -0.1) is 24.8 Å². The van der Waals surface area contributed by atoms with Gasteiger partial charge in [-0.1, -0.05) is 0 Å². The molecule has 1 aromatic carbocycles. The molecule has 0 atom stereocenters. The lowest BCUT2D eigenvalue weighted by atomic mass is 10.2. The number of methoxy groups -OCH3 is 1. The second-order valence-electron chi connectivity index (χ2n) is 5.03. The highest BCUT2D eigenvalue weighted by Crippen LogP contribution is 2.28. The number of ether oxygens (including phenoxy) is 1. The molecule has 0 aromatic heterocycles. The molecule has 0 unspecified atom stereocenters. The van der Waals surface area contributed by atoms with Gasteiger partial charge in [0.05, 0.1) is 18.1 Å². The number of nitro groups is 1. The molecule has 0 radical (unpaired) electrons. The van der Waals surface area contributed by atoms with Crippen LogP contribution in [0.4, 0.5) is 11.4 Å². The van der Waals surface area contributed by atoms with E-state index in [0.717, 1.165) is 26.2 Å². The van der Waals surface area contributed by atoms with Crippen LogP contribution >= 0.6 is 24.8 Å². The van der Waals surface area contributed by atoms with Crippen molar-refractivity contribution in [1.29, 1.82) is 0 Å². The van der Waals surface area contributed by atoms with Crippen molar-refractivity contribution >= 4 is 42.1 Å². The number of anilines is 1. The first-order valence-corrected chi connectivity index (χ1v) is 7.15. The van der Waals surface area contributed by atoms with Gasteiger partial charge in [-0.2, -0.15) is 0 Å². The zero-order valence-electron chi connectivity index (χ0n) is 13.3. The Labute approximate surface area is 152 Å². The van der Waals surface area contributed by atoms with Gasteiger partial charge in [0.2, 0.25) is 5.91 Å². The van der Waals surface area contributed by atoms with Crippen LogP contribution in [-0.2, 0) is 4.79 Å². The Morgan fingerprint density at radius 2 is 2.04 bits per heavy atom. The summed E-state index contributed by atoms with van der Waals surface area (Å²) in [6.45, 7) is 4.32. The van der Waals surface area contributed by atoms with Crippen molar-refractivity contribution in [2.75, 3.05) is 45.2 Å². The van der Waals surface area contributed by atoms with E-state index in [1.54, 1.807) is 6.07 Å². The molecule has 2 N–H and O–H groups in total. The zero-order valence-corrected chi connectivity index (χ0v) is 15.0. The molecular weight excluding hydrogens is 359 g/mol. The predicted octanol–water partition coefficient (Wildman–Crippen LogP) is 1.68. The molecule has 0 aliphatic carbocycles. The van der Waals surface area contributed by atoms with Crippen LogP contribution in [0.2, 0.25) is 0 Å². The molecule has 0 bridgehead atoms. The Morgan fingerprint density at radius 1 is 1.38 bits per heavy atom. The zero-order chi connectivity index (χ0) is 15.9. The summed E-state index contributed by atoms with van der Waals surface area (Å²) in [5.74, 6) is 0.150. The number of carbonyl (C=O) groups excluding carboxylic acids is 1. The summed E-state index contributed by atoms with van der Waals surface area (Å²) in [4.78, 5) is 24.7. The Morgan fingerprint density at radius 3 is 2.62 bits per heavy atom. The number of amides is 1.